The van der Waals surface area contributed by atoms with Gasteiger partial charge in [-0.3, -0.25) is 0 Å². The van der Waals surface area contributed by atoms with Crippen LogP contribution >= 0.6 is 0 Å². The molecular weight excluding hydrogens is 297 g/mol. The Hall–Kier alpha value is -1.78. The van der Waals surface area contributed by atoms with Gasteiger partial charge in [0, 0.05) is 13.1 Å². The molecule has 0 unspecified atom stereocenters. The third kappa shape index (κ3) is 3.70. The van der Waals surface area contributed by atoms with Crippen molar-refractivity contribution in [2.75, 3.05) is 19.6 Å². The maximum Gasteiger partial charge on any atom is 0.573 e. The minimum Gasteiger partial charge on any atom is -0.404 e. The first-order valence-electron chi connectivity index (χ1n) is 7.02. The molecule has 0 saturated carbocycles. The van der Waals surface area contributed by atoms with Gasteiger partial charge in [0.15, 0.2) is 0 Å². The predicted molar refractivity (Wildman–Crippen MR) is 73.1 cm³/mol. The van der Waals surface area contributed by atoms with Crippen LogP contribution in [0.1, 0.15) is 30.9 Å². The molecule has 1 N–H and O–H groups in total. The van der Waals surface area contributed by atoms with Crippen molar-refractivity contribution in [1.29, 1.82) is 5.26 Å². The summed E-state index contributed by atoms with van der Waals surface area (Å²) in [5.74, 6) is -0.571. The Kier molecular flexibility index (Phi) is 4.63. The number of likely N-dealkylation sites (tertiary alicyclic amines) is 1. The van der Waals surface area contributed by atoms with E-state index < -0.39 is 17.7 Å². The van der Waals surface area contributed by atoms with Gasteiger partial charge in [0.1, 0.15) is 11.8 Å². The van der Waals surface area contributed by atoms with Crippen molar-refractivity contribution < 1.29 is 23.0 Å². The van der Waals surface area contributed by atoms with E-state index in [1.165, 1.54) is 12.1 Å². The molecule has 0 spiro atoms. The van der Waals surface area contributed by atoms with Gasteiger partial charge in [-0.05, 0) is 37.1 Å². The van der Waals surface area contributed by atoms with E-state index in [4.69, 9.17) is 5.26 Å². The number of ether oxygens (including phenoxy) is 1. The average molecular weight is 314 g/mol. The van der Waals surface area contributed by atoms with Crippen molar-refractivity contribution in [3.63, 3.8) is 0 Å². The number of alkyl halides is 3. The number of nitrogens with zero attached hydrogens (tertiary/aromatic N) is 2. The van der Waals surface area contributed by atoms with Crippen LogP contribution in [0, 0.1) is 11.3 Å². The van der Waals surface area contributed by atoms with Gasteiger partial charge in [0.05, 0.1) is 11.2 Å². The molecule has 120 valence electrons. The van der Waals surface area contributed by atoms with E-state index in [0.717, 1.165) is 12.6 Å². The second-order valence-electron chi connectivity index (χ2n) is 5.34. The van der Waals surface area contributed by atoms with Crippen LogP contribution in [0.15, 0.2) is 18.2 Å². The van der Waals surface area contributed by atoms with Gasteiger partial charge >= 0.3 is 6.36 Å². The summed E-state index contributed by atoms with van der Waals surface area (Å²) in [5, 5.41) is 19.6. The summed E-state index contributed by atoms with van der Waals surface area (Å²) >= 11 is 0. The van der Waals surface area contributed by atoms with Crippen molar-refractivity contribution in [2.45, 2.75) is 31.7 Å². The van der Waals surface area contributed by atoms with Crippen LogP contribution < -0.4 is 4.74 Å². The second kappa shape index (κ2) is 6.15. The van der Waals surface area contributed by atoms with Crippen LogP contribution in [0.25, 0.3) is 0 Å². The summed E-state index contributed by atoms with van der Waals surface area (Å²) in [5.41, 5.74) is -1.05. The lowest BCUT2D eigenvalue weighted by molar-refractivity contribution is -0.274. The molecule has 1 heterocycles. The Labute approximate surface area is 126 Å². The van der Waals surface area contributed by atoms with Gasteiger partial charge in [-0.25, -0.2) is 0 Å². The monoisotopic (exact) mass is 314 g/mol. The fraction of sp³-hybridized carbons (Fsp3) is 0.533. The van der Waals surface area contributed by atoms with Crippen LogP contribution in [-0.4, -0.2) is 36.0 Å². The number of aliphatic hydroxyl groups is 1. The van der Waals surface area contributed by atoms with Gasteiger partial charge in [0.2, 0.25) is 0 Å². The highest BCUT2D eigenvalue weighted by Gasteiger charge is 2.36. The van der Waals surface area contributed by atoms with Crippen molar-refractivity contribution in [3.8, 4) is 11.8 Å². The Balaban J connectivity index is 2.29. The molecule has 1 aliphatic rings. The molecular formula is C15H17F3N2O2. The maximum absolute atomic E-state index is 12.4. The smallest absolute Gasteiger partial charge is 0.404 e. The molecule has 0 radical (unpaired) electrons. The first-order chi connectivity index (χ1) is 10.3. The van der Waals surface area contributed by atoms with Gasteiger partial charge < -0.3 is 14.7 Å². The van der Waals surface area contributed by atoms with Crippen molar-refractivity contribution in [3.05, 3.63) is 29.3 Å². The SMILES string of the molecule is CCN1CCC(O)(c2ccc(C#N)c(OC(F)(F)F)c2)CC1. The number of hydrogen-bond acceptors (Lipinski definition) is 4. The summed E-state index contributed by atoms with van der Waals surface area (Å²) in [6.07, 6.45) is -4.02. The van der Waals surface area contributed by atoms with E-state index in [1.54, 1.807) is 6.07 Å². The summed E-state index contributed by atoms with van der Waals surface area (Å²) < 4.78 is 41.2. The lowest BCUT2D eigenvalue weighted by Gasteiger charge is -2.38. The number of piperidine rings is 1. The van der Waals surface area contributed by atoms with E-state index in [9.17, 15) is 18.3 Å². The molecule has 1 fully saturated rings. The zero-order valence-corrected chi connectivity index (χ0v) is 12.2. The maximum atomic E-state index is 12.4. The highest BCUT2D eigenvalue weighted by atomic mass is 19.4. The van der Waals surface area contributed by atoms with E-state index in [-0.39, 0.29) is 5.56 Å². The first-order valence-corrected chi connectivity index (χ1v) is 7.02. The quantitative estimate of drug-likeness (QED) is 0.932. The second-order valence-corrected chi connectivity index (χ2v) is 5.34. The largest absolute Gasteiger partial charge is 0.573 e. The standard InChI is InChI=1S/C15H17F3N2O2/c1-2-20-7-5-14(21,6-8-20)12-4-3-11(10-19)13(9-12)22-15(16,17)18/h3-4,9,21H,2,5-8H2,1H3. The number of rotatable bonds is 3. The van der Waals surface area contributed by atoms with Crippen molar-refractivity contribution in [2.24, 2.45) is 0 Å². The molecule has 7 heteroatoms. The zero-order valence-electron chi connectivity index (χ0n) is 12.2. The fourth-order valence-electron chi connectivity index (χ4n) is 2.64. The molecule has 1 aromatic rings. The Morgan fingerprint density at radius 3 is 2.50 bits per heavy atom. The van der Waals surface area contributed by atoms with Crippen molar-refractivity contribution in [1.82, 2.24) is 4.90 Å². The molecule has 0 atom stereocenters. The average Bonchev–Trinajstić information content (AvgIpc) is 2.46. The number of halogens is 3. The molecule has 0 amide bonds. The third-order valence-corrected chi connectivity index (χ3v) is 4.00. The lowest BCUT2D eigenvalue weighted by atomic mass is 9.84. The summed E-state index contributed by atoms with van der Waals surface area (Å²) in [4.78, 5) is 2.16. The summed E-state index contributed by atoms with van der Waals surface area (Å²) in [6, 6.07) is 5.52. The fourth-order valence-corrected chi connectivity index (χ4v) is 2.64. The molecule has 2 rings (SSSR count). The molecule has 0 aromatic heterocycles. The van der Waals surface area contributed by atoms with Gasteiger partial charge in [-0.15, -0.1) is 13.2 Å². The number of benzene rings is 1. The van der Waals surface area contributed by atoms with E-state index >= 15 is 0 Å². The van der Waals surface area contributed by atoms with E-state index in [1.807, 2.05) is 6.92 Å². The van der Waals surface area contributed by atoms with E-state index in [0.29, 0.717) is 31.5 Å². The molecule has 0 aliphatic carbocycles. The van der Waals surface area contributed by atoms with Crippen LogP contribution in [0.3, 0.4) is 0 Å². The van der Waals surface area contributed by atoms with Crippen LogP contribution in [0.4, 0.5) is 13.2 Å². The Bertz CT molecular complexity index is 573. The molecule has 1 aromatic carbocycles. The van der Waals surface area contributed by atoms with Crippen LogP contribution in [-0.2, 0) is 5.60 Å². The van der Waals surface area contributed by atoms with Gasteiger partial charge in [-0.2, -0.15) is 5.26 Å². The zero-order chi connectivity index (χ0) is 16.4. The predicted octanol–water partition coefficient (Wildman–Crippen LogP) is 2.76. The topological polar surface area (TPSA) is 56.5 Å². The van der Waals surface area contributed by atoms with E-state index in [2.05, 4.69) is 9.64 Å². The summed E-state index contributed by atoms with van der Waals surface area (Å²) in [7, 11) is 0. The Morgan fingerprint density at radius 2 is 2.00 bits per heavy atom. The Morgan fingerprint density at radius 1 is 1.36 bits per heavy atom. The minimum absolute atomic E-state index is 0.212. The molecule has 1 saturated heterocycles. The normalized spacial score (nSPS) is 18.7. The van der Waals surface area contributed by atoms with Crippen molar-refractivity contribution >= 4 is 0 Å². The van der Waals surface area contributed by atoms with Gasteiger partial charge in [-0.1, -0.05) is 13.0 Å². The molecule has 22 heavy (non-hydrogen) atoms. The third-order valence-electron chi connectivity index (χ3n) is 4.00. The highest BCUT2D eigenvalue weighted by molar-refractivity contribution is 5.47. The highest BCUT2D eigenvalue weighted by Crippen LogP contribution is 2.36. The number of nitriles is 1. The molecule has 1 aliphatic heterocycles. The minimum atomic E-state index is -4.88. The molecule has 0 bridgehead atoms. The number of hydrogen-bond donors (Lipinski definition) is 1. The first kappa shape index (κ1) is 16.6. The van der Waals surface area contributed by atoms with Gasteiger partial charge in [0.25, 0.3) is 0 Å². The van der Waals surface area contributed by atoms with Crippen LogP contribution in [0.2, 0.25) is 0 Å². The molecule has 4 nitrogen and oxygen atoms in total. The lowest BCUT2D eigenvalue weighted by Crippen LogP contribution is -2.42. The van der Waals surface area contributed by atoms with Crippen LogP contribution in [0.5, 0.6) is 5.75 Å². The summed E-state index contributed by atoms with van der Waals surface area (Å²) in [6.45, 7) is 4.22.